The first-order valence-electron chi connectivity index (χ1n) is 4.59. The van der Waals surface area contributed by atoms with Crippen molar-refractivity contribution in [3.63, 3.8) is 0 Å². The molecule has 0 fully saturated rings. The van der Waals surface area contributed by atoms with E-state index in [2.05, 4.69) is 31.1 Å². The van der Waals surface area contributed by atoms with Crippen LogP contribution in [0.15, 0.2) is 0 Å². The van der Waals surface area contributed by atoms with Gasteiger partial charge in [-0.1, -0.05) is 39.4 Å². The summed E-state index contributed by atoms with van der Waals surface area (Å²) in [5.74, 6) is 3.10. The van der Waals surface area contributed by atoms with E-state index in [0.717, 1.165) is 0 Å². The fourth-order valence-corrected chi connectivity index (χ4v) is 1.73. The Morgan fingerprint density at radius 2 is 1.69 bits per heavy atom. The van der Waals surface area contributed by atoms with Gasteiger partial charge in [-0.05, 0) is 5.92 Å². The minimum atomic E-state index is -1.36. The second kappa shape index (κ2) is 5.04. The standard InChI is InChI=1S/C10H19ClOSi/c1-8(2)10(12)9(11)6-7-13(3,4)5/h8-10,12H,1-5H3/t9-,10+/m0/s1. The van der Waals surface area contributed by atoms with Crippen LogP contribution in [0, 0.1) is 17.4 Å². The molecule has 1 nitrogen and oxygen atoms in total. The van der Waals surface area contributed by atoms with Crippen molar-refractivity contribution >= 4 is 19.7 Å². The van der Waals surface area contributed by atoms with Crippen molar-refractivity contribution in [1.29, 1.82) is 0 Å². The quantitative estimate of drug-likeness (QED) is 0.429. The fourth-order valence-electron chi connectivity index (χ4n) is 0.709. The van der Waals surface area contributed by atoms with Gasteiger partial charge in [0.15, 0.2) is 0 Å². The Morgan fingerprint density at radius 3 is 2.00 bits per heavy atom. The molecule has 0 radical (unpaired) electrons. The van der Waals surface area contributed by atoms with E-state index >= 15 is 0 Å². The molecular formula is C10H19ClOSi. The summed E-state index contributed by atoms with van der Waals surface area (Å²) in [4.78, 5) is 0. The summed E-state index contributed by atoms with van der Waals surface area (Å²) in [6.07, 6.45) is -0.523. The summed E-state index contributed by atoms with van der Waals surface area (Å²) < 4.78 is 0. The molecule has 3 heteroatoms. The molecule has 13 heavy (non-hydrogen) atoms. The second-order valence-corrected chi connectivity index (χ2v) is 9.88. The van der Waals surface area contributed by atoms with E-state index in [1.54, 1.807) is 0 Å². The molecule has 0 bridgehead atoms. The molecular weight excluding hydrogens is 200 g/mol. The topological polar surface area (TPSA) is 20.2 Å². The smallest absolute Gasteiger partial charge is 0.129 e. The molecule has 1 N–H and O–H groups in total. The summed E-state index contributed by atoms with van der Waals surface area (Å²) in [7, 11) is -1.36. The van der Waals surface area contributed by atoms with Crippen LogP contribution in [0.1, 0.15) is 13.8 Å². The first-order chi connectivity index (χ1) is 5.74. The van der Waals surface area contributed by atoms with Crippen LogP contribution in [0.2, 0.25) is 19.6 Å². The van der Waals surface area contributed by atoms with Crippen LogP contribution >= 0.6 is 11.6 Å². The second-order valence-electron chi connectivity index (χ2n) is 4.66. The molecule has 0 saturated heterocycles. The van der Waals surface area contributed by atoms with Gasteiger partial charge in [-0.15, -0.1) is 17.1 Å². The Bertz CT molecular complexity index is 209. The Labute approximate surface area is 87.5 Å². The maximum atomic E-state index is 9.57. The molecule has 76 valence electrons. The molecule has 0 unspecified atom stereocenters. The van der Waals surface area contributed by atoms with Crippen LogP contribution < -0.4 is 0 Å². The van der Waals surface area contributed by atoms with Crippen molar-refractivity contribution in [3.05, 3.63) is 0 Å². The minimum Gasteiger partial charge on any atom is -0.390 e. The van der Waals surface area contributed by atoms with Crippen molar-refractivity contribution in [2.24, 2.45) is 5.92 Å². The van der Waals surface area contributed by atoms with E-state index in [1.807, 2.05) is 13.8 Å². The van der Waals surface area contributed by atoms with Gasteiger partial charge in [0.1, 0.15) is 13.5 Å². The van der Waals surface area contributed by atoms with Crippen LogP contribution in [-0.2, 0) is 0 Å². The number of halogens is 1. The number of alkyl halides is 1. The van der Waals surface area contributed by atoms with E-state index < -0.39 is 19.6 Å². The van der Waals surface area contributed by atoms with Gasteiger partial charge in [0.05, 0.1) is 6.10 Å². The monoisotopic (exact) mass is 218 g/mol. The van der Waals surface area contributed by atoms with Crippen molar-refractivity contribution < 1.29 is 5.11 Å². The van der Waals surface area contributed by atoms with Gasteiger partial charge in [-0.3, -0.25) is 0 Å². The molecule has 0 rings (SSSR count). The zero-order valence-electron chi connectivity index (χ0n) is 9.06. The molecule has 0 aromatic carbocycles. The lowest BCUT2D eigenvalue weighted by Gasteiger charge is -2.16. The highest BCUT2D eigenvalue weighted by atomic mass is 35.5. The van der Waals surface area contributed by atoms with E-state index in [1.165, 1.54) is 0 Å². The average Bonchev–Trinajstić information content (AvgIpc) is 1.97. The van der Waals surface area contributed by atoms with Crippen molar-refractivity contribution in [2.75, 3.05) is 0 Å². The predicted octanol–water partition coefficient (Wildman–Crippen LogP) is 2.49. The summed E-state index contributed by atoms with van der Waals surface area (Å²) >= 11 is 5.93. The molecule has 0 amide bonds. The summed E-state index contributed by atoms with van der Waals surface area (Å²) in [5.41, 5.74) is 3.15. The van der Waals surface area contributed by atoms with Crippen molar-refractivity contribution in [3.8, 4) is 11.5 Å². The summed E-state index contributed by atoms with van der Waals surface area (Å²) in [6, 6.07) is 0. The Hall–Kier alpha value is 0.0269. The van der Waals surface area contributed by atoms with Gasteiger partial charge >= 0.3 is 0 Å². The SMILES string of the molecule is CC(C)[C@@H](O)[C@@H](Cl)C#C[Si](C)(C)C. The normalized spacial score (nSPS) is 16.3. The van der Waals surface area contributed by atoms with Gasteiger partial charge < -0.3 is 5.11 Å². The van der Waals surface area contributed by atoms with Crippen LogP contribution in [0.25, 0.3) is 0 Å². The van der Waals surface area contributed by atoms with Gasteiger partial charge in [-0.25, -0.2) is 0 Å². The third-order valence-corrected chi connectivity index (χ3v) is 2.83. The molecule has 0 heterocycles. The fraction of sp³-hybridized carbons (Fsp3) is 0.800. The lowest BCUT2D eigenvalue weighted by molar-refractivity contribution is 0.133. The largest absolute Gasteiger partial charge is 0.390 e. The van der Waals surface area contributed by atoms with E-state index in [4.69, 9.17) is 11.6 Å². The lowest BCUT2D eigenvalue weighted by Crippen LogP contribution is -2.26. The molecule has 2 atom stereocenters. The number of hydrogen-bond acceptors (Lipinski definition) is 1. The molecule has 0 saturated carbocycles. The zero-order chi connectivity index (χ0) is 10.6. The molecule has 0 aliphatic carbocycles. The maximum absolute atomic E-state index is 9.57. The Balaban J connectivity index is 4.27. The van der Waals surface area contributed by atoms with Crippen LogP contribution in [-0.4, -0.2) is 24.7 Å². The van der Waals surface area contributed by atoms with Gasteiger partial charge in [0.2, 0.25) is 0 Å². The summed E-state index contributed by atoms with van der Waals surface area (Å²) in [5, 5.41) is 9.15. The maximum Gasteiger partial charge on any atom is 0.129 e. The predicted molar refractivity (Wildman–Crippen MR) is 61.6 cm³/mol. The highest BCUT2D eigenvalue weighted by molar-refractivity contribution is 6.83. The number of aliphatic hydroxyl groups excluding tert-OH is 1. The molecule has 0 aliphatic rings. The lowest BCUT2D eigenvalue weighted by atomic mass is 10.0. The third kappa shape index (κ3) is 6.15. The highest BCUT2D eigenvalue weighted by Crippen LogP contribution is 2.11. The molecule has 0 spiro atoms. The van der Waals surface area contributed by atoms with Gasteiger partial charge in [-0.2, -0.15) is 0 Å². The molecule has 0 aliphatic heterocycles. The number of aliphatic hydroxyl groups is 1. The zero-order valence-corrected chi connectivity index (χ0v) is 10.8. The Kier molecular flexibility index (Phi) is 5.05. The molecule has 0 aromatic heterocycles. The number of rotatable bonds is 2. The third-order valence-electron chi connectivity index (χ3n) is 1.57. The van der Waals surface area contributed by atoms with Crippen LogP contribution in [0.4, 0.5) is 0 Å². The average molecular weight is 219 g/mol. The van der Waals surface area contributed by atoms with Crippen LogP contribution in [0.3, 0.4) is 0 Å². The van der Waals surface area contributed by atoms with Crippen molar-refractivity contribution in [1.82, 2.24) is 0 Å². The van der Waals surface area contributed by atoms with Gasteiger partial charge in [0, 0.05) is 0 Å². The molecule has 0 aromatic rings. The van der Waals surface area contributed by atoms with Gasteiger partial charge in [0.25, 0.3) is 0 Å². The van der Waals surface area contributed by atoms with Crippen molar-refractivity contribution in [2.45, 2.75) is 45.0 Å². The van der Waals surface area contributed by atoms with E-state index in [0.29, 0.717) is 0 Å². The number of hydrogen-bond donors (Lipinski definition) is 1. The van der Waals surface area contributed by atoms with Crippen LogP contribution in [0.5, 0.6) is 0 Å². The summed E-state index contributed by atoms with van der Waals surface area (Å²) in [6.45, 7) is 10.4. The first kappa shape index (κ1) is 13.0. The first-order valence-corrected chi connectivity index (χ1v) is 8.52. The minimum absolute atomic E-state index is 0.165. The van der Waals surface area contributed by atoms with E-state index in [9.17, 15) is 5.11 Å². The Morgan fingerprint density at radius 1 is 1.23 bits per heavy atom. The highest BCUT2D eigenvalue weighted by Gasteiger charge is 2.18. The van der Waals surface area contributed by atoms with E-state index in [-0.39, 0.29) is 5.92 Å².